The van der Waals surface area contributed by atoms with Gasteiger partial charge in [0.05, 0.1) is 0 Å². The normalized spacial score (nSPS) is 12.2. The van der Waals surface area contributed by atoms with Gasteiger partial charge in [-0.25, -0.2) is 0 Å². The first-order valence-corrected chi connectivity index (χ1v) is 20.1. The number of azo groups is 2. The van der Waals surface area contributed by atoms with Crippen molar-refractivity contribution in [2.24, 2.45) is 5.11 Å². The van der Waals surface area contributed by atoms with E-state index in [1.807, 2.05) is 0 Å². The molecule has 3 aromatic carbocycles. The van der Waals surface area contributed by atoms with Crippen LogP contribution in [0.15, 0.2) is 71.5 Å². The molecule has 2 nitrogen and oxygen atoms in total. The molecule has 0 fully saturated rings. The van der Waals surface area contributed by atoms with Gasteiger partial charge < -0.3 is 0 Å². The van der Waals surface area contributed by atoms with Crippen molar-refractivity contribution in [1.82, 2.24) is 0 Å². The third-order valence-corrected chi connectivity index (χ3v) is 9.72. The number of rotatable bonds is 24. The molecule has 2 heteroatoms. The number of hydrogen-bond acceptors (Lipinski definition) is 1. The topological polar surface area (TPSA) is 15.4 Å². The number of allylic oxidation sites excluding steroid dienone is 1. The Bertz CT molecular complexity index is 1380. The van der Waals surface area contributed by atoms with E-state index in [1.54, 1.807) is 0 Å². The van der Waals surface area contributed by atoms with Crippen LogP contribution in [0.1, 0.15) is 166 Å². The van der Waals surface area contributed by atoms with E-state index in [0.29, 0.717) is 0 Å². The molecule has 0 radical (unpaired) electrons. The quantitative estimate of drug-likeness (QED) is 0.0521. The molecule has 0 heterocycles. The van der Waals surface area contributed by atoms with Gasteiger partial charge in [-0.1, -0.05) is 152 Å². The zero-order chi connectivity index (χ0) is 34.4. The van der Waals surface area contributed by atoms with Crippen LogP contribution >= 0.6 is 0 Å². The molecular weight excluding hydrogens is 581 g/mol. The Morgan fingerprint density at radius 1 is 0.562 bits per heavy atom. The summed E-state index contributed by atoms with van der Waals surface area (Å²) in [5.74, 6) is 0. The first-order valence-electron chi connectivity index (χ1n) is 20.1. The van der Waals surface area contributed by atoms with Crippen molar-refractivity contribution in [3.63, 3.8) is 0 Å². The van der Waals surface area contributed by atoms with Crippen LogP contribution in [0.4, 0.5) is 5.69 Å². The zero-order valence-corrected chi connectivity index (χ0v) is 31.9. The molecule has 0 saturated heterocycles. The van der Waals surface area contributed by atoms with E-state index in [9.17, 15) is 0 Å². The molecule has 0 aliphatic rings. The second-order valence-corrected chi connectivity index (χ2v) is 13.9. The van der Waals surface area contributed by atoms with Crippen LogP contribution < -0.4 is 0 Å². The Hall–Kier alpha value is -3.00. The van der Waals surface area contributed by atoms with E-state index in [2.05, 4.69) is 113 Å². The van der Waals surface area contributed by atoms with Crippen molar-refractivity contribution in [3.05, 3.63) is 94.2 Å². The first-order chi connectivity index (χ1) is 23.6. The van der Waals surface area contributed by atoms with Crippen molar-refractivity contribution >= 4 is 11.8 Å². The van der Waals surface area contributed by atoms with Crippen molar-refractivity contribution in [2.45, 2.75) is 164 Å². The van der Waals surface area contributed by atoms with Crippen molar-refractivity contribution in [2.75, 3.05) is 6.54 Å². The van der Waals surface area contributed by atoms with E-state index in [0.717, 1.165) is 31.5 Å². The van der Waals surface area contributed by atoms with Crippen LogP contribution in [-0.2, 0) is 25.7 Å². The van der Waals surface area contributed by atoms with E-state index in [-0.39, 0.29) is 0 Å². The van der Waals surface area contributed by atoms with Crippen LogP contribution in [0.25, 0.3) is 17.2 Å². The molecule has 0 aliphatic heterocycles. The number of benzene rings is 3. The van der Waals surface area contributed by atoms with Gasteiger partial charge in [0.15, 0.2) is 6.54 Å². The summed E-state index contributed by atoms with van der Waals surface area (Å²) in [5.41, 5.74) is 12.5. The van der Waals surface area contributed by atoms with Crippen molar-refractivity contribution < 1.29 is 4.70 Å². The summed E-state index contributed by atoms with van der Waals surface area (Å²) in [6.45, 7) is 14.6. The highest BCUT2D eigenvalue weighted by Crippen LogP contribution is 2.35. The van der Waals surface area contributed by atoms with E-state index < -0.39 is 0 Å². The van der Waals surface area contributed by atoms with Gasteiger partial charge in [-0.2, -0.15) is 0 Å². The molecule has 0 atom stereocenters. The molecule has 0 N–H and O–H groups in total. The predicted molar refractivity (Wildman–Crippen MR) is 212 cm³/mol. The summed E-state index contributed by atoms with van der Waals surface area (Å²) in [6.07, 6.45) is 26.0. The molecule has 3 rings (SSSR count). The lowest BCUT2D eigenvalue weighted by Crippen LogP contribution is -2.08. The lowest BCUT2D eigenvalue weighted by Gasteiger charge is -2.17. The maximum Gasteiger partial charge on any atom is 0.208 e. The zero-order valence-electron chi connectivity index (χ0n) is 31.9. The molecule has 0 bridgehead atoms. The maximum atomic E-state index is 5.41. The molecule has 0 aromatic heterocycles. The molecule has 0 amide bonds. The average Bonchev–Trinajstić information content (AvgIpc) is 3.11. The third kappa shape index (κ3) is 13.5. The highest BCUT2D eigenvalue weighted by atomic mass is 15.3. The summed E-state index contributed by atoms with van der Waals surface area (Å²) in [6, 6.07) is 23.3. The first kappa shape index (κ1) is 39.4. The summed E-state index contributed by atoms with van der Waals surface area (Å²) in [5, 5.41) is 5.41. The fraction of sp³-hybridized carbons (Fsp3) is 0.565. The Balaban J connectivity index is 2.04. The smallest absolute Gasteiger partial charge is 0.0882 e. The Morgan fingerprint density at radius 2 is 1.08 bits per heavy atom. The minimum atomic E-state index is 0.858. The second kappa shape index (κ2) is 23.4. The van der Waals surface area contributed by atoms with Crippen LogP contribution in [0.2, 0.25) is 0 Å². The van der Waals surface area contributed by atoms with Crippen LogP contribution in [0.3, 0.4) is 0 Å². The Kier molecular flexibility index (Phi) is 19.2. The predicted octanol–water partition coefficient (Wildman–Crippen LogP) is 14.6. The van der Waals surface area contributed by atoms with E-state index in [1.165, 1.54) is 147 Å². The molecule has 0 saturated carbocycles. The van der Waals surface area contributed by atoms with Gasteiger partial charge in [0.2, 0.25) is 5.70 Å². The molecule has 0 unspecified atom stereocenters. The molecular formula is C46H69N2+. The minimum Gasteiger partial charge on any atom is -0.0882 e. The summed E-state index contributed by atoms with van der Waals surface area (Å²) in [4.78, 5) is 0. The fourth-order valence-electron chi connectivity index (χ4n) is 6.97. The number of unbranched alkanes of at least 4 members (excludes halogenated alkanes) is 10. The van der Waals surface area contributed by atoms with Gasteiger partial charge in [-0.15, -0.1) is 0 Å². The molecule has 0 spiro atoms. The van der Waals surface area contributed by atoms with Crippen LogP contribution in [0.5, 0.6) is 0 Å². The van der Waals surface area contributed by atoms with Crippen LogP contribution in [-0.4, -0.2) is 11.2 Å². The SMILES string of the molecule is CCCCCCCCc1cc(N=[N+](CC)C(=Cc2cc(CCCC)cc(CCCCCC)c2)CC)cc(CCCC)c1-c1ccccc1. The largest absolute Gasteiger partial charge is 0.208 e. The van der Waals surface area contributed by atoms with E-state index >= 15 is 0 Å². The summed E-state index contributed by atoms with van der Waals surface area (Å²) < 4.78 is 2.27. The molecule has 262 valence electrons. The fourth-order valence-corrected chi connectivity index (χ4v) is 6.97. The highest BCUT2D eigenvalue weighted by molar-refractivity contribution is 5.74. The minimum absolute atomic E-state index is 0.858. The lowest BCUT2D eigenvalue weighted by molar-refractivity contribution is -0.539. The Morgan fingerprint density at radius 3 is 1.69 bits per heavy atom. The lowest BCUT2D eigenvalue weighted by atomic mass is 9.88. The molecule has 48 heavy (non-hydrogen) atoms. The second-order valence-electron chi connectivity index (χ2n) is 13.9. The Labute approximate surface area is 296 Å². The van der Waals surface area contributed by atoms with Gasteiger partial charge in [0.25, 0.3) is 0 Å². The third-order valence-electron chi connectivity index (χ3n) is 9.72. The summed E-state index contributed by atoms with van der Waals surface area (Å²) in [7, 11) is 0. The number of aryl methyl sites for hydroxylation is 4. The maximum absolute atomic E-state index is 5.41. The molecule has 0 aliphatic carbocycles. The van der Waals surface area contributed by atoms with E-state index in [4.69, 9.17) is 5.11 Å². The van der Waals surface area contributed by atoms with Gasteiger partial charge >= 0.3 is 0 Å². The standard InChI is InChI=1S/C46H69N2/c1-7-13-17-19-20-23-31-43-37-44(36-42(28-16-10-4)46(43)41-29-24-21-25-30-41)47-48(12-6)45(11-5)35-40-33-38(26-15-9-3)32-39(34-40)27-22-18-14-8-2/h21,24-25,29-30,32-37H,7-20,22-23,26-28,31H2,1-6H3/q+1. The number of nitrogens with zero attached hydrogens (tertiary/aromatic N) is 2. The van der Waals surface area contributed by atoms with Gasteiger partial charge in [-0.3, -0.25) is 0 Å². The highest BCUT2D eigenvalue weighted by Gasteiger charge is 2.17. The van der Waals surface area contributed by atoms with Gasteiger partial charge in [0.1, 0.15) is 5.69 Å². The molecule has 3 aromatic rings. The summed E-state index contributed by atoms with van der Waals surface area (Å²) >= 11 is 0. The van der Waals surface area contributed by atoms with Crippen molar-refractivity contribution in [1.29, 1.82) is 0 Å². The van der Waals surface area contributed by atoms with Crippen molar-refractivity contribution in [3.8, 4) is 11.1 Å². The monoisotopic (exact) mass is 650 g/mol. The van der Waals surface area contributed by atoms with Crippen LogP contribution in [0, 0.1) is 0 Å². The number of hydrogen-bond donors (Lipinski definition) is 0. The van der Waals surface area contributed by atoms with Gasteiger partial charge in [0, 0.05) is 12.5 Å². The average molecular weight is 650 g/mol. The van der Waals surface area contributed by atoms with Gasteiger partial charge in [-0.05, 0) is 114 Å².